The van der Waals surface area contributed by atoms with Gasteiger partial charge in [-0.1, -0.05) is 17.7 Å². The normalized spacial score (nSPS) is 21.9. The highest BCUT2D eigenvalue weighted by Crippen LogP contribution is 2.20. The summed E-state index contributed by atoms with van der Waals surface area (Å²) in [6, 6.07) is 9.21. The molecule has 0 bridgehead atoms. The Bertz CT molecular complexity index is 363. The van der Waals surface area contributed by atoms with Gasteiger partial charge < -0.3 is 14.9 Å². The van der Waals surface area contributed by atoms with Gasteiger partial charge in [0.1, 0.15) is 0 Å². The van der Waals surface area contributed by atoms with E-state index in [1.165, 1.54) is 17.7 Å². The highest BCUT2D eigenvalue weighted by molar-refractivity contribution is 5.47. The molecule has 1 fully saturated rings. The molecule has 0 aliphatic carbocycles. The molecule has 0 saturated carbocycles. The molecule has 0 amide bonds. The molecule has 1 aromatic rings. The molecule has 1 saturated heterocycles. The summed E-state index contributed by atoms with van der Waals surface area (Å²) in [6.07, 6.45) is 2.05. The van der Waals surface area contributed by atoms with Crippen LogP contribution in [0.3, 0.4) is 0 Å². The summed E-state index contributed by atoms with van der Waals surface area (Å²) < 4.78 is 0. The summed E-state index contributed by atoms with van der Waals surface area (Å²) in [7, 11) is 2.17. The van der Waals surface area contributed by atoms with Crippen LogP contribution in [0.5, 0.6) is 0 Å². The Balaban J connectivity index is 2.10. The SMILES string of the molecule is Cc1ccc(N2CCCN(C)C(CCO)C2)cc1. The average Bonchev–Trinajstić information content (AvgIpc) is 2.54. The molecule has 100 valence electrons. The summed E-state index contributed by atoms with van der Waals surface area (Å²) in [4.78, 5) is 4.83. The maximum absolute atomic E-state index is 9.18. The number of aryl methyl sites for hydroxylation is 1. The van der Waals surface area contributed by atoms with Crippen molar-refractivity contribution < 1.29 is 5.11 Å². The first-order valence-corrected chi connectivity index (χ1v) is 6.83. The Labute approximate surface area is 110 Å². The van der Waals surface area contributed by atoms with Gasteiger partial charge in [-0.15, -0.1) is 0 Å². The average molecular weight is 248 g/mol. The third kappa shape index (κ3) is 3.24. The van der Waals surface area contributed by atoms with Crippen LogP contribution in [0.1, 0.15) is 18.4 Å². The van der Waals surface area contributed by atoms with Crippen LogP contribution in [0.4, 0.5) is 5.69 Å². The summed E-state index contributed by atoms with van der Waals surface area (Å²) in [5, 5.41) is 9.18. The highest BCUT2D eigenvalue weighted by atomic mass is 16.3. The van der Waals surface area contributed by atoms with E-state index in [4.69, 9.17) is 0 Å². The van der Waals surface area contributed by atoms with E-state index in [2.05, 4.69) is 48.0 Å². The summed E-state index contributed by atoms with van der Waals surface area (Å²) >= 11 is 0. The van der Waals surface area contributed by atoms with Crippen molar-refractivity contribution in [2.45, 2.75) is 25.8 Å². The number of hydrogen-bond acceptors (Lipinski definition) is 3. The number of likely N-dealkylation sites (N-methyl/N-ethyl adjacent to an activating group) is 1. The molecule has 1 aromatic carbocycles. The quantitative estimate of drug-likeness (QED) is 0.885. The van der Waals surface area contributed by atoms with Gasteiger partial charge in [0.25, 0.3) is 0 Å². The number of benzene rings is 1. The molecule has 18 heavy (non-hydrogen) atoms. The van der Waals surface area contributed by atoms with E-state index >= 15 is 0 Å². The first-order valence-electron chi connectivity index (χ1n) is 6.83. The molecule has 3 heteroatoms. The van der Waals surface area contributed by atoms with Crippen molar-refractivity contribution in [1.82, 2.24) is 4.90 Å². The van der Waals surface area contributed by atoms with Gasteiger partial charge in [0.2, 0.25) is 0 Å². The predicted octanol–water partition coefficient (Wildman–Crippen LogP) is 1.89. The lowest BCUT2D eigenvalue weighted by atomic mass is 10.1. The van der Waals surface area contributed by atoms with Crippen molar-refractivity contribution in [3.63, 3.8) is 0 Å². The molecule has 1 atom stereocenters. The Morgan fingerprint density at radius 3 is 2.61 bits per heavy atom. The van der Waals surface area contributed by atoms with Gasteiger partial charge in [-0.2, -0.15) is 0 Å². The minimum Gasteiger partial charge on any atom is -0.396 e. The summed E-state index contributed by atoms with van der Waals surface area (Å²) in [6.45, 7) is 5.63. The fourth-order valence-corrected chi connectivity index (χ4v) is 2.63. The van der Waals surface area contributed by atoms with Gasteiger partial charge >= 0.3 is 0 Å². The molecule has 0 aromatic heterocycles. The van der Waals surface area contributed by atoms with Gasteiger partial charge in [-0.25, -0.2) is 0 Å². The molecule has 1 heterocycles. The first kappa shape index (κ1) is 13.4. The van der Waals surface area contributed by atoms with Crippen LogP contribution < -0.4 is 4.90 Å². The number of rotatable bonds is 3. The lowest BCUT2D eigenvalue weighted by molar-refractivity contribution is 0.196. The van der Waals surface area contributed by atoms with Crippen molar-refractivity contribution in [2.75, 3.05) is 38.2 Å². The van der Waals surface area contributed by atoms with Crippen LogP contribution in [-0.4, -0.2) is 49.3 Å². The van der Waals surface area contributed by atoms with Gasteiger partial charge in [0, 0.05) is 31.4 Å². The number of anilines is 1. The monoisotopic (exact) mass is 248 g/mol. The maximum Gasteiger partial charge on any atom is 0.0446 e. The molecule has 0 spiro atoms. The number of hydrogen-bond donors (Lipinski definition) is 1. The van der Waals surface area contributed by atoms with E-state index in [1.54, 1.807) is 0 Å². The van der Waals surface area contributed by atoms with Crippen molar-refractivity contribution in [3.8, 4) is 0 Å². The fourth-order valence-electron chi connectivity index (χ4n) is 2.63. The third-order valence-electron chi connectivity index (χ3n) is 3.85. The molecule has 0 radical (unpaired) electrons. The number of aliphatic hydroxyl groups excluding tert-OH is 1. The van der Waals surface area contributed by atoms with E-state index < -0.39 is 0 Å². The second-order valence-electron chi connectivity index (χ2n) is 5.28. The Hall–Kier alpha value is -1.06. The molecule has 1 N–H and O–H groups in total. The molecule has 1 aliphatic rings. The van der Waals surface area contributed by atoms with E-state index in [1.807, 2.05) is 0 Å². The van der Waals surface area contributed by atoms with E-state index in [0.717, 1.165) is 26.1 Å². The second kappa shape index (κ2) is 6.21. The van der Waals surface area contributed by atoms with E-state index in [0.29, 0.717) is 6.04 Å². The van der Waals surface area contributed by atoms with Crippen molar-refractivity contribution in [1.29, 1.82) is 0 Å². The number of nitrogens with zero attached hydrogens (tertiary/aromatic N) is 2. The topological polar surface area (TPSA) is 26.7 Å². The fraction of sp³-hybridized carbons (Fsp3) is 0.600. The van der Waals surface area contributed by atoms with E-state index in [9.17, 15) is 5.11 Å². The largest absolute Gasteiger partial charge is 0.396 e. The maximum atomic E-state index is 9.18. The Morgan fingerprint density at radius 2 is 1.94 bits per heavy atom. The van der Waals surface area contributed by atoms with Crippen LogP contribution in [0.25, 0.3) is 0 Å². The molecule has 1 aliphatic heterocycles. The van der Waals surface area contributed by atoms with Crippen LogP contribution in [0.2, 0.25) is 0 Å². The van der Waals surface area contributed by atoms with Crippen molar-refractivity contribution in [2.24, 2.45) is 0 Å². The summed E-state index contributed by atoms with van der Waals surface area (Å²) in [5.41, 5.74) is 2.61. The Morgan fingerprint density at radius 1 is 1.22 bits per heavy atom. The van der Waals surface area contributed by atoms with Gasteiger partial charge in [0.15, 0.2) is 0 Å². The Kier molecular flexibility index (Phi) is 4.61. The van der Waals surface area contributed by atoms with Crippen molar-refractivity contribution >= 4 is 5.69 Å². The van der Waals surface area contributed by atoms with Crippen molar-refractivity contribution in [3.05, 3.63) is 29.8 Å². The zero-order valence-corrected chi connectivity index (χ0v) is 11.5. The standard InChI is InChI=1S/C15H24N2O/c1-13-4-6-14(7-5-13)17-10-3-9-16(2)15(12-17)8-11-18/h4-7,15,18H,3,8-12H2,1-2H3. The van der Waals surface area contributed by atoms with E-state index in [-0.39, 0.29) is 6.61 Å². The zero-order chi connectivity index (χ0) is 13.0. The van der Waals surface area contributed by atoms with Crippen LogP contribution >= 0.6 is 0 Å². The minimum atomic E-state index is 0.275. The van der Waals surface area contributed by atoms with Gasteiger partial charge in [-0.05, 0) is 45.5 Å². The molecule has 3 nitrogen and oxygen atoms in total. The lowest BCUT2D eigenvalue weighted by Gasteiger charge is -2.29. The predicted molar refractivity (Wildman–Crippen MR) is 76.1 cm³/mol. The molecular weight excluding hydrogens is 224 g/mol. The van der Waals surface area contributed by atoms with Crippen LogP contribution in [0.15, 0.2) is 24.3 Å². The van der Waals surface area contributed by atoms with Crippen LogP contribution in [0, 0.1) is 6.92 Å². The minimum absolute atomic E-state index is 0.275. The number of aliphatic hydroxyl groups is 1. The van der Waals surface area contributed by atoms with Crippen LogP contribution in [-0.2, 0) is 0 Å². The van der Waals surface area contributed by atoms with Gasteiger partial charge in [-0.3, -0.25) is 0 Å². The second-order valence-corrected chi connectivity index (χ2v) is 5.28. The summed E-state index contributed by atoms with van der Waals surface area (Å²) in [5.74, 6) is 0. The highest BCUT2D eigenvalue weighted by Gasteiger charge is 2.21. The first-order chi connectivity index (χ1) is 8.70. The van der Waals surface area contributed by atoms with Gasteiger partial charge in [0.05, 0.1) is 0 Å². The third-order valence-corrected chi connectivity index (χ3v) is 3.85. The smallest absolute Gasteiger partial charge is 0.0446 e. The lowest BCUT2D eigenvalue weighted by Crippen LogP contribution is -2.39. The zero-order valence-electron chi connectivity index (χ0n) is 11.5. The molecule has 2 rings (SSSR count). The molecule has 1 unspecified atom stereocenters. The molecular formula is C15H24N2O.